The second-order valence-electron chi connectivity index (χ2n) is 6.39. The first-order valence-corrected chi connectivity index (χ1v) is 7.35. The average Bonchev–Trinajstić information content (AvgIpc) is 2.26. The first kappa shape index (κ1) is 16.2. The average molecular weight is 262 g/mol. The molecule has 0 bridgehead atoms. The fourth-order valence-electron chi connectivity index (χ4n) is 2.59. The molecule has 0 saturated heterocycles. The largest absolute Gasteiger partial charge is 0.308 e. The third-order valence-corrected chi connectivity index (χ3v) is 3.37. The van der Waals surface area contributed by atoms with E-state index in [1.807, 2.05) is 0 Å². The van der Waals surface area contributed by atoms with E-state index in [-0.39, 0.29) is 0 Å². The molecule has 2 unspecified atom stereocenters. The molecule has 0 fully saturated rings. The molecule has 1 aromatic carbocycles. The van der Waals surface area contributed by atoms with Gasteiger partial charge in [-0.3, -0.25) is 0 Å². The van der Waals surface area contributed by atoms with Crippen LogP contribution in [0, 0.1) is 12.8 Å². The summed E-state index contributed by atoms with van der Waals surface area (Å²) in [4.78, 5) is 2.27. The van der Waals surface area contributed by atoms with Gasteiger partial charge in [-0.05, 0) is 45.8 Å². The van der Waals surface area contributed by atoms with Crippen molar-refractivity contribution in [1.82, 2.24) is 10.2 Å². The maximum atomic E-state index is 3.78. The Morgan fingerprint density at radius 3 is 2.37 bits per heavy atom. The first-order chi connectivity index (χ1) is 8.88. The van der Waals surface area contributed by atoms with E-state index in [9.17, 15) is 0 Å². The number of hydrogen-bond donors (Lipinski definition) is 1. The minimum absolute atomic E-state index is 0.406. The van der Waals surface area contributed by atoms with Crippen LogP contribution in [-0.4, -0.2) is 31.6 Å². The third-order valence-electron chi connectivity index (χ3n) is 3.37. The highest BCUT2D eigenvalue weighted by Gasteiger charge is 2.15. The summed E-state index contributed by atoms with van der Waals surface area (Å²) in [5, 5.41) is 3.78. The summed E-state index contributed by atoms with van der Waals surface area (Å²) in [5.74, 6) is 0.724. The molecular formula is C17H30N2. The van der Waals surface area contributed by atoms with Gasteiger partial charge in [-0.2, -0.15) is 0 Å². The summed E-state index contributed by atoms with van der Waals surface area (Å²) < 4.78 is 0. The predicted octanol–water partition coefficient (Wildman–Crippen LogP) is 3.62. The number of hydrogen-bond acceptors (Lipinski definition) is 2. The van der Waals surface area contributed by atoms with E-state index >= 15 is 0 Å². The van der Waals surface area contributed by atoms with Crippen LogP contribution in [0.5, 0.6) is 0 Å². The summed E-state index contributed by atoms with van der Waals surface area (Å²) in [5.41, 5.74) is 2.71. The lowest BCUT2D eigenvalue weighted by Crippen LogP contribution is -2.40. The van der Waals surface area contributed by atoms with E-state index in [4.69, 9.17) is 0 Å². The lowest BCUT2D eigenvalue weighted by atomic mass is 10.00. The molecule has 0 saturated carbocycles. The van der Waals surface area contributed by atoms with Gasteiger partial charge in [0.25, 0.3) is 0 Å². The van der Waals surface area contributed by atoms with Gasteiger partial charge in [-0.25, -0.2) is 0 Å². The summed E-state index contributed by atoms with van der Waals surface area (Å²) in [6.45, 7) is 10.1. The van der Waals surface area contributed by atoms with Crippen LogP contribution in [-0.2, 0) is 0 Å². The number of benzene rings is 1. The van der Waals surface area contributed by atoms with Crippen molar-refractivity contribution in [2.24, 2.45) is 5.92 Å². The van der Waals surface area contributed by atoms with Gasteiger partial charge in [0.15, 0.2) is 0 Å². The monoisotopic (exact) mass is 262 g/mol. The molecule has 19 heavy (non-hydrogen) atoms. The van der Waals surface area contributed by atoms with Crippen molar-refractivity contribution in [2.45, 2.75) is 46.2 Å². The molecule has 0 heterocycles. The summed E-state index contributed by atoms with van der Waals surface area (Å²) in [6, 6.07) is 9.74. The Labute approximate surface area is 119 Å². The van der Waals surface area contributed by atoms with Gasteiger partial charge in [0.05, 0.1) is 0 Å². The fraction of sp³-hybridized carbons (Fsp3) is 0.647. The fourth-order valence-corrected chi connectivity index (χ4v) is 2.59. The zero-order chi connectivity index (χ0) is 14.4. The van der Waals surface area contributed by atoms with Crippen molar-refractivity contribution in [2.75, 3.05) is 20.6 Å². The first-order valence-electron chi connectivity index (χ1n) is 7.35. The summed E-state index contributed by atoms with van der Waals surface area (Å²) in [6.07, 6.45) is 1.22. The van der Waals surface area contributed by atoms with Gasteiger partial charge >= 0.3 is 0 Å². The van der Waals surface area contributed by atoms with Crippen LogP contribution in [0.1, 0.15) is 44.4 Å². The predicted molar refractivity (Wildman–Crippen MR) is 84.5 cm³/mol. The summed E-state index contributed by atoms with van der Waals surface area (Å²) in [7, 11) is 4.29. The molecule has 0 aliphatic carbocycles. The van der Waals surface area contributed by atoms with Crippen LogP contribution in [0.15, 0.2) is 24.3 Å². The highest BCUT2D eigenvalue weighted by Crippen LogP contribution is 2.16. The summed E-state index contributed by atoms with van der Waals surface area (Å²) >= 11 is 0. The SMILES string of the molecule is Cc1cccc(C(C)NC(CC(C)C)CN(C)C)c1. The molecular weight excluding hydrogens is 232 g/mol. The smallest absolute Gasteiger partial charge is 0.0294 e. The Kier molecular flexibility index (Phi) is 6.53. The molecule has 2 atom stereocenters. The van der Waals surface area contributed by atoms with Crippen molar-refractivity contribution in [3.63, 3.8) is 0 Å². The number of nitrogens with one attached hydrogen (secondary N) is 1. The molecule has 108 valence electrons. The molecule has 0 amide bonds. The molecule has 0 radical (unpaired) electrons. The topological polar surface area (TPSA) is 15.3 Å². The normalized spacial score (nSPS) is 14.9. The minimum atomic E-state index is 0.406. The molecule has 1 N–H and O–H groups in total. The van der Waals surface area contributed by atoms with Crippen LogP contribution in [0.25, 0.3) is 0 Å². The Morgan fingerprint density at radius 2 is 1.84 bits per heavy atom. The maximum Gasteiger partial charge on any atom is 0.0294 e. The Hall–Kier alpha value is -0.860. The second-order valence-corrected chi connectivity index (χ2v) is 6.39. The van der Waals surface area contributed by atoms with Crippen LogP contribution in [0.4, 0.5) is 0 Å². The Balaban J connectivity index is 2.66. The molecule has 0 aliphatic rings. The van der Waals surface area contributed by atoms with Crippen molar-refractivity contribution >= 4 is 0 Å². The van der Waals surface area contributed by atoms with Crippen LogP contribution >= 0.6 is 0 Å². The van der Waals surface area contributed by atoms with Crippen molar-refractivity contribution in [1.29, 1.82) is 0 Å². The van der Waals surface area contributed by atoms with Gasteiger partial charge in [0, 0.05) is 18.6 Å². The number of aryl methyl sites for hydroxylation is 1. The zero-order valence-corrected chi connectivity index (χ0v) is 13.4. The second kappa shape index (κ2) is 7.66. The highest BCUT2D eigenvalue weighted by atomic mass is 15.1. The Bertz CT molecular complexity index is 361. The number of rotatable bonds is 7. The van der Waals surface area contributed by atoms with E-state index in [2.05, 4.69) is 76.3 Å². The van der Waals surface area contributed by atoms with Gasteiger partial charge in [-0.15, -0.1) is 0 Å². The molecule has 2 heteroatoms. The zero-order valence-electron chi connectivity index (χ0n) is 13.4. The van der Waals surface area contributed by atoms with Crippen molar-refractivity contribution < 1.29 is 0 Å². The number of nitrogens with zero attached hydrogens (tertiary/aromatic N) is 1. The molecule has 0 aromatic heterocycles. The lowest BCUT2D eigenvalue weighted by molar-refractivity contribution is 0.291. The van der Waals surface area contributed by atoms with Gasteiger partial charge in [0.1, 0.15) is 0 Å². The molecule has 0 aliphatic heterocycles. The van der Waals surface area contributed by atoms with Gasteiger partial charge in [0.2, 0.25) is 0 Å². The Morgan fingerprint density at radius 1 is 1.16 bits per heavy atom. The van der Waals surface area contributed by atoms with Crippen LogP contribution in [0.2, 0.25) is 0 Å². The van der Waals surface area contributed by atoms with Crippen molar-refractivity contribution in [3.05, 3.63) is 35.4 Å². The van der Waals surface area contributed by atoms with Crippen LogP contribution in [0.3, 0.4) is 0 Å². The lowest BCUT2D eigenvalue weighted by Gasteiger charge is -2.27. The van der Waals surface area contributed by atoms with Crippen molar-refractivity contribution in [3.8, 4) is 0 Å². The maximum absolute atomic E-state index is 3.78. The van der Waals surface area contributed by atoms with E-state index in [1.54, 1.807) is 0 Å². The molecule has 1 rings (SSSR count). The van der Waals surface area contributed by atoms with Crippen LogP contribution < -0.4 is 5.32 Å². The standard InChI is InChI=1S/C17H30N2/c1-13(2)10-17(12-19(5)6)18-15(4)16-9-7-8-14(3)11-16/h7-9,11,13,15,17-18H,10,12H2,1-6H3. The quantitative estimate of drug-likeness (QED) is 0.807. The number of likely N-dealkylation sites (N-methyl/N-ethyl adjacent to an activating group) is 1. The molecule has 0 spiro atoms. The highest BCUT2D eigenvalue weighted by molar-refractivity contribution is 5.24. The van der Waals surface area contributed by atoms with E-state index in [0.29, 0.717) is 12.1 Å². The molecule has 1 aromatic rings. The van der Waals surface area contributed by atoms with Gasteiger partial charge in [-0.1, -0.05) is 43.7 Å². The minimum Gasteiger partial charge on any atom is -0.308 e. The van der Waals surface area contributed by atoms with E-state index in [1.165, 1.54) is 17.5 Å². The van der Waals surface area contributed by atoms with E-state index < -0.39 is 0 Å². The van der Waals surface area contributed by atoms with E-state index in [0.717, 1.165) is 12.5 Å². The van der Waals surface area contributed by atoms with Gasteiger partial charge < -0.3 is 10.2 Å². The third kappa shape index (κ3) is 6.22. The molecule has 2 nitrogen and oxygen atoms in total.